The number of likely N-dealkylation sites (N-methyl/N-ethyl adjacent to an activating group) is 1. The highest BCUT2D eigenvalue weighted by Gasteiger charge is 2.46. The van der Waals surface area contributed by atoms with Crippen LogP contribution in [0.4, 0.5) is 0 Å². The lowest BCUT2D eigenvalue weighted by Crippen LogP contribution is -2.60. The Labute approximate surface area is 268 Å². The molecule has 0 aliphatic carbocycles. The molecule has 3 rings (SSSR count). The topological polar surface area (TPSA) is 129 Å². The van der Waals surface area contributed by atoms with Gasteiger partial charge in [0, 0.05) is 24.7 Å². The molecule has 11 heteroatoms. The van der Waals surface area contributed by atoms with Crippen LogP contribution in [-0.4, -0.2) is 91.4 Å². The summed E-state index contributed by atoms with van der Waals surface area (Å²) < 4.78 is 11.9. The average molecular weight is 628 g/mol. The van der Waals surface area contributed by atoms with E-state index in [0.717, 1.165) is 0 Å². The molecular formula is C34H53N5O6. The van der Waals surface area contributed by atoms with Gasteiger partial charge in [0.1, 0.15) is 35.7 Å². The largest absolute Gasteiger partial charge is 0.496 e. The van der Waals surface area contributed by atoms with E-state index in [4.69, 9.17) is 9.47 Å². The minimum Gasteiger partial charge on any atom is -0.496 e. The van der Waals surface area contributed by atoms with Gasteiger partial charge in [-0.1, -0.05) is 41.5 Å². The molecule has 5 unspecified atom stereocenters. The van der Waals surface area contributed by atoms with Gasteiger partial charge < -0.3 is 30.3 Å². The summed E-state index contributed by atoms with van der Waals surface area (Å²) in [4.78, 5) is 58.5. The van der Waals surface area contributed by atoms with Gasteiger partial charge in [0.15, 0.2) is 0 Å². The first-order valence-corrected chi connectivity index (χ1v) is 16.1. The van der Waals surface area contributed by atoms with Crippen LogP contribution >= 0.6 is 0 Å². The minimum atomic E-state index is -1.01. The molecule has 11 nitrogen and oxygen atoms in total. The van der Waals surface area contributed by atoms with E-state index in [-0.39, 0.29) is 42.0 Å². The maximum atomic E-state index is 14.3. The number of fused-ring (bicyclic) bond motifs is 3. The molecule has 1 saturated heterocycles. The molecule has 45 heavy (non-hydrogen) atoms. The lowest BCUT2D eigenvalue weighted by atomic mass is 9.99. The molecule has 4 amide bonds. The number of methoxy groups -OCH3 is 1. The van der Waals surface area contributed by atoms with Gasteiger partial charge in [0.2, 0.25) is 23.6 Å². The summed E-state index contributed by atoms with van der Waals surface area (Å²) in [6.45, 7) is 12.3. The van der Waals surface area contributed by atoms with Gasteiger partial charge in [-0.25, -0.2) is 0 Å². The van der Waals surface area contributed by atoms with Crippen LogP contribution in [-0.2, 0) is 19.2 Å². The van der Waals surface area contributed by atoms with Gasteiger partial charge in [-0.2, -0.15) is 0 Å². The van der Waals surface area contributed by atoms with Gasteiger partial charge in [0.25, 0.3) is 0 Å². The standard InChI is InChI=1S/C34H53N5O6/c1-20(2)16-25-31(40)35-14-12-23-19-24(10-11-28(23)44-9)45-29-13-15-39(30(29)33(42)36-25)34(43)26(17-21(3)4)37-32(41)27(38(7)8)18-22(5)6/h10-12,14,19-22,25-27,29-30H,13,15-18H2,1-9H3,(H,35,40)(H,36,42)(H,37,41). The average Bonchev–Trinajstić information content (AvgIpc) is 3.37. The number of nitrogens with one attached hydrogen (secondary N) is 3. The van der Waals surface area contributed by atoms with Crippen molar-refractivity contribution in [2.75, 3.05) is 27.7 Å². The van der Waals surface area contributed by atoms with Gasteiger partial charge in [0.05, 0.1) is 13.2 Å². The third-order valence-corrected chi connectivity index (χ3v) is 8.15. The highest BCUT2D eigenvalue weighted by atomic mass is 16.5. The quantitative estimate of drug-likeness (QED) is 0.344. The number of hydrogen-bond acceptors (Lipinski definition) is 7. The van der Waals surface area contributed by atoms with Crippen LogP contribution in [0.2, 0.25) is 0 Å². The Hall–Kier alpha value is -3.60. The number of amides is 4. The van der Waals surface area contributed by atoms with Gasteiger partial charge >= 0.3 is 0 Å². The van der Waals surface area contributed by atoms with E-state index in [1.54, 1.807) is 31.4 Å². The second-order valence-electron chi connectivity index (χ2n) is 13.7. The summed E-state index contributed by atoms with van der Waals surface area (Å²) in [6.07, 6.45) is 4.43. The lowest BCUT2D eigenvalue weighted by molar-refractivity contribution is -0.144. The number of rotatable bonds is 11. The SMILES string of the molecule is COc1ccc2cc1C=CNC(=O)C(CC(C)C)NC(=O)C1C(CCN1C(=O)C(CC(C)C)NC(=O)C(CC(C)C)N(C)C)O2. The number of hydrogen-bond donors (Lipinski definition) is 3. The predicted molar refractivity (Wildman–Crippen MR) is 174 cm³/mol. The van der Waals surface area contributed by atoms with Crippen molar-refractivity contribution in [3.05, 3.63) is 30.0 Å². The van der Waals surface area contributed by atoms with Crippen molar-refractivity contribution in [2.24, 2.45) is 17.8 Å². The number of carbonyl (C=O) groups excluding carboxylic acids is 4. The first-order chi connectivity index (χ1) is 21.2. The minimum absolute atomic E-state index is 0.107. The summed E-state index contributed by atoms with van der Waals surface area (Å²) in [5.74, 6) is 0.225. The number of ether oxygens (including phenoxy) is 2. The van der Waals surface area contributed by atoms with Crippen molar-refractivity contribution >= 4 is 29.7 Å². The molecule has 3 N–H and O–H groups in total. The molecule has 2 aliphatic rings. The molecular weight excluding hydrogens is 574 g/mol. The van der Waals surface area contributed by atoms with Crippen molar-refractivity contribution in [2.45, 2.75) is 97.5 Å². The van der Waals surface area contributed by atoms with E-state index in [0.29, 0.717) is 42.7 Å². The normalized spacial score (nSPS) is 21.7. The van der Waals surface area contributed by atoms with Gasteiger partial charge in [-0.05, 0) is 75.4 Å². The summed E-state index contributed by atoms with van der Waals surface area (Å²) in [5.41, 5.74) is 0.688. The third kappa shape index (κ3) is 9.69. The van der Waals surface area contributed by atoms with Crippen LogP contribution in [0.5, 0.6) is 11.5 Å². The molecule has 1 fully saturated rings. The van der Waals surface area contributed by atoms with Crippen LogP contribution in [0.3, 0.4) is 0 Å². The van der Waals surface area contributed by atoms with E-state index in [1.807, 2.05) is 46.7 Å². The van der Waals surface area contributed by atoms with Gasteiger partial charge in [-0.15, -0.1) is 0 Å². The zero-order valence-corrected chi connectivity index (χ0v) is 28.4. The van der Waals surface area contributed by atoms with Crippen LogP contribution in [0, 0.1) is 17.8 Å². The summed E-state index contributed by atoms with van der Waals surface area (Å²) in [6, 6.07) is 2.24. The first kappa shape index (κ1) is 35.9. The van der Waals surface area contributed by atoms with Crippen LogP contribution in [0.1, 0.15) is 72.8 Å². The zero-order valence-electron chi connectivity index (χ0n) is 28.4. The third-order valence-electron chi connectivity index (χ3n) is 8.15. The van der Waals surface area contributed by atoms with E-state index >= 15 is 0 Å². The van der Waals surface area contributed by atoms with Crippen molar-refractivity contribution in [1.29, 1.82) is 0 Å². The molecule has 2 heterocycles. The highest BCUT2D eigenvalue weighted by Crippen LogP contribution is 2.30. The van der Waals surface area contributed by atoms with Crippen LogP contribution in [0.25, 0.3) is 6.08 Å². The van der Waals surface area contributed by atoms with Crippen LogP contribution in [0.15, 0.2) is 24.4 Å². The van der Waals surface area contributed by atoms with Crippen molar-refractivity contribution in [3.8, 4) is 11.5 Å². The van der Waals surface area contributed by atoms with E-state index < -0.39 is 36.2 Å². The van der Waals surface area contributed by atoms with E-state index in [9.17, 15) is 19.2 Å². The molecule has 1 aromatic rings. The number of nitrogens with zero attached hydrogens (tertiary/aromatic N) is 2. The Kier molecular flexibility index (Phi) is 12.8. The van der Waals surface area contributed by atoms with E-state index in [1.165, 1.54) is 11.1 Å². The fraction of sp³-hybridized carbons (Fsp3) is 0.647. The Bertz CT molecular complexity index is 1230. The Morgan fingerprint density at radius 1 is 1.04 bits per heavy atom. The Morgan fingerprint density at radius 3 is 2.33 bits per heavy atom. The molecule has 250 valence electrons. The van der Waals surface area contributed by atoms with Crippen molar-refractivity contribution in [3.63, 3.8) is 0 Å². The number of carbonyl (C=O) groups is 4. The number of benzene rings is 1. The molecule has 0 spiro atoms. The monoisotopic (exact) mass is 627 g/mol. The smallest absolute Gasteiger partial charge is 0.247 e. The maximum absolute atomic E-state index is 14.3. The van der Waals surface area contributed by atoms with Gasteiger partial charge in [-0.3, -0.25) is 24.1 Å². The summed E-state index contributed by atoms with van der Waals surface area (Å²) in [5, 5.41) is 8.73. The van der Waals surface area contributed by atoms with Crippen LogP contribution < -0.4 is 25.4 Å². The molecule has 0 saturated carbocycles. The molecule has 2 bridgehead atoms. The highest BCUT2D eigenvalue weighted by molar-refractivity contribution is 5.96. The molecule has 0 aromatic heterocycles. The maximum Gasteiger partial charge on any atom is 0.247 e. The fourth-order valence-electron chi connectivity index (χ4n) is 5.97. The lowest BCUT2D eigenvalue weighted by Gasteiger charge is -2.33. The zero-order chi connectivity index (χ0) is 33.4. The molecule has 2 aliphatic heterocycles. The van der Waals surface area contributed by atoms with Crippen molar-refractivity contribution < 1.29 is 28.7 Å². The molecule has 5 atom stereocenters. The number of likely N-dealkylation sites (tertiary alicyclic amines) is 1. The molecule has 1 aromatic carbocycles. The van der Waals surface area contributed by atoms with E-state index in [2.05, 4.69) is 29.8 Å². The summed E-state index contributed by atoms with van der Waals surface area (Å²) >= 11 is 0. The second kappa shape index (κ2) is 16.1. The predicted octanol–water partition coefficient (Wildman–Crippen LogP) is 3.18. The Balaban J connectivity index is 2.00. The Morgan fingerprint density at radius 2 is 1.73 bits per heavy atom. The second-order valence-corrected chi connectivity index (χ2v) is 13.7. The van der Waals surface area contributed by atoms with Crippen molar-refractivity contribution in [1.82, 2.24) is 25.8 Å². The summed E-state index contributed by atoms with van der Waals surface area (Å²) in [7, 11) is 5.28. The molecule has 0 radical (unpaired) electrons. The first-order valence-electron chi connectivity index (χ1n) is 16.1. The fourth-order valence-corrected chi connectivity index (χ4v) is 5.97.